The largest absolute Gasteiger partial charge is 0.433 e. The molecule has 0 amide bonds. The van der Waals surface area contributed by atoms with E-state index < -0.39 is 6.64 Å². The van der Waals surface area contributed by atoms with Crippen molar-refractivity contribution in [1.82, 2.24) is 4.67 Å². The second kappa shape index (κ2) is 4.11. The van der Waals surface area contributed by atoms with Crippen LogP contribution in [0.1, 0.15) is 12.8 Å². The molecule has 86 valence electrons. The molecular weight excluding hydrogens is 241 g/mol. The van der Waals surface area contributed by atoms with Crippen molar-refractivity contribution < 1.29 is 9.05 Å². The summed E-state index contributed by atoms with van der Waals surface area (Å²) in [6, 6.07) is 10.2. The fraction of sp³-hybridized carbons (Fsp3) is 0.455. The maximum absolute atomic E-state index is 5.91. The van der Waals surface area contributed by atoms with E-state index in [0.29, 0.717) is 6.04 Å². The van der Waals surface area contributed by atoms with Gasteiger partial charge in [-0.1, -0.05) is 18.2 Å². The van der Waals surface area contributed by atoms with Crippen molar-refractivity contribution >= 4 is 18.4 Å². The molecule has 0 saturated carbocycles. The zero-order valence-electron chi connectivity index (χ0n) is 8.91. The monoisotopic (exact) mass is 255 g/mol. The highest BCUT2D eigenvalue weighted by molar-refractivity contribution is 8.09. The first-order chi connectivity index (χ1) is 7.78. The Morgan fingerprint density at radius 2 is 2.19 bits per heavy atom. The van der Waals surface area contributed by atoms with Gasteiger partial charge in [-0.3, -0.25) is 0 Å². The third kappa shape index (κ3) is 1.80. The zero-order chi connectivity index (χ0) is 11.0. The number of nitrogens with zero attached hydrogens (tertiary/aromatic N) is 1. The molecule has 0 aliphatic carbocycles. The molecule has 0 spiro atoms. The first-order valence-electron chi connectivity index (χ1n) is 5.54. The first-order valence-corrected chi connectivity index (χ1v) is 8.13. The number of fused-ring (bicyclic) bond motifs is 1. The third-order valence-corrected chi connectivity index (χ3v) is 6.30. The van der Waals surface area contributed by atoms with Crippen LogP contribution < -0.4 is 4.52 Å². The molecule has 5 heteroatoms. The van der Waals surface area contributed by atoms with E-state index in [4.69, 9.17) is 20.9 Å². The van der Waals surface area contributed by atoms with Crippen LogP contribution in [-0.4, -0.2) is 23.9 Å². The van der Waals surface area contributed by atoms with E-state index >= 15 is 0 Å². The van der Waals surface area contributed by atoms with Crippen molar-refractivity contribution in [3.05, 3.63) is 30.3 Å². The van der Waals surface area contributed by atoms with Gasteiger partial charge in [0.05, 0.1) is 6.61 Å². The molecule has 3 rings (SSSR count). The van der Waals surface area contributed by atoms with Gasteiger partial charge in [0.2, 0.25) is 0 Å². The number of para-hydroxylation sites is 1. The third-order valence-electron chi connectivity index (χ3n) is 3.05. The number of hydrogen-bond donors (Lipinski definition) is 0. The molecule has 0 aromatic heterocycles. The van der Waals surface area contributed by atoms with E-state index in [-0.39, 0.29) is 0 Å². The number of hydrogen-bond acceptors (Lipinski definition) is 3. The fourth-order valence-electron chi connectivity index (χ4n) is 2.26. The van der Waals surface area contributed by atoms with Gasteiger partial charge in [0.25, 0.3) is 0 Å². The lowest BCUT2D eigenvalue weighted by atomic mass is 10.2. The Kier molecular flexibility index (Phi) is 2.76. The molecule has 1 aromatic carbocycles. The van der Waals surface area contributed by atoms with Crippen LogP contribution in [0, 0.1) is 0 Å². The summed E-state index contributed by atoms with van der Waals surface area (Å²) in [4.78, 5) is 0. The number of benzene rings is 1. The molecule has 0 bridgehead atoms. The van der Waals surface area contributed by atoms with Crippen LogP contribution in [0.15, 0.2) is 30.3 Å². The van der Waals surface area contributed by atoms with Crippen LogP contribution in [0.3, 0.4) is 0 Å². The summed E-state index contributed by atoms with van der Waals surface area (Å²) in [5, 5.41) is 0. The highest BCUT2D eigenvalue weighted by Gasteiger charge is 2.45. The Morgan fingerprint density at radius 3 is 3.00 bits per heavy atom. The molecular formula is C11H14NO2PS. The normalized spacial score (nSPS) is 33.9. The highest BCUT2D eigenvalue weighted by Crippen LogP contribution is 2.59. The molecule has 0 radical (unpaired) electrons. The quantitative estimate of drug-likeness (QED) is 0.757. The van der Waals surface area contributed by atoms with E-state index in [9.17, 15) is 0 Å². The molecule has 2 heterocycles. The molecule has 2 fully saturated rings. The van der Waals surface area contributed by atoms with Gasteiger partial charge in [-0.05, 0) is 36.8 Å². The van der Waals surface area contributed by atoms with Gasteiger partial charge in [0, 0.05) is 12.6 Å². The van der Waals surface area contributed by atoms with E-state index in [1.807, 2.05) is 30.3 Å². The van der Waals surface area contributed by atoms with Crippen molar-refractivity contribution in [2.45, 2.75) is 18.9 Å². The Bertz CT molecular complexity index is 425. The van der Waals surface area contributed by atoms with Crippen LogP contribution in [0.25, 0.3) is 0 Å². The molecule has 2 aliphatic heterocycles. The summed E-state index contributed by atoms with van der Waals surface area (Å²) in [5.74, 6) is 0.818. The predicted octanol–water partition coefficient (Wildman–Crippen LogP) is 2.78. The SMILES string of the molecule is S=P1(Oc2ccccc2)OC[C@@H]2CCCN21. The summed E-state index contributed by atoms with van der Waals surface area (Å²) in [5.41, 5.74) is 0. The van der Waals surface area contributed by atoms with Crippen LogP contribution in [-0.2, 0) is 16.3 Å². The average molecular weight is 255 g/mol. The molecule has 3 nitrogen and oxygen atoms in total. The summed E-state index contributed by atoms with van der Waals surface area (Å²) >= 11 is 5.58. The van der Waals surface area contributed by atoms with Crippen LogP contribution in [0.2, 0.25) is 0 Å². The highest BCUT2D eigenvalue weighted by atomic mass is 32.5. The van der Waals surface area contributed by atoms with Gasteiger partial charge in [-0.15, -0.1) is 0 Å². The first kappa shape index (κ1) is 10.7. The topological polar surface area (TPSA) is 21.7 Å². The summed E-state index contributed by atoms with van der Waals surface area (Å²) in [6.07, 6.45) is 2.40. The molecule has 0 N–H and O–H groups in total. The van der Waals surface area contributed by atoms with E-state index in [1.165, 1.54) is 12.8 Å². The van der Waals surface area contributed by atoms with Crippen molar-refractivity contribution in [3.63, 3.8) is 0 Å². The van der Waals surface area contributed by atoms with Gasteiger partial charge in [-0.25, -0.2) is 4.67 Å². The van der Waals surface area contributed by atoms with Crippen molar-refractivity contribution in [2.75, 3.05) is 13.2 Å². The van der Waals surface area contributed by atoms with Gasteiger partial charge in [0.15, 0.2) is 0 Å². The fourth-order valence-corrected chi connectivity index (χ4v) is 5.37. The minimum Gasteiger partial charge on any atom is -0.433 e. The Hall–Kier alpha value is -0.410. The van der Waals surface area contributed by atoms with Crippen LogP contribution in [0.5, 0.6) is 5.75 Å². The van der Waals surface area contributed by atoms with Crippen LogP contribution >= 0.6 is 6.64 Å². The van der Waals surface area contributed by atoms with Crippen molar-refractivity contribution in [2.24, 2.45) is 0 Å². The molecule has 1 aromatic rings. The smallest absolute Gasteiger partial charge is 0.315 e. The predicted molar refractivity (Wildman–Crippen MR) is 67.0 cm³/mol. The maximum Gasteiger partial charge on any atom is 0.315 e. The van der Waals surface area contributed by atoms with E-state index in [1.54, 1.807) is 0 Å². The standard InChI is InChI=1S/C11H14NO2PS/c16-15(14-11-6-2-1-3-7-11)12-8-4-5-10(12)9-13-15/h1-3,6-7,10H,4-5,8-9H2/t10-,15?/m0/s1. The number of rotatable bonds is 2. The van der Waals surface area contributed by atoms with E-state index in [2.05, 4.69) is 4.67 Å². The van der Waals surface area contributed by atoms with Crippen LogP contribution in [0.4, 0.5) is 0 Å². The van der Waals surface area contributed by atoms with Gasteiger partial charge >= 0.3 is 6.64 Å². The second-order valence-electron chi connectivity index (χ2n) is 4.13. The van der Waals surface area contributed by atoms with Gasteiger partial charge in [0.1, 0.15) is 5.75 Å². The molecule has 2 aliphatic rings. The average Bonchev–Trinajstić information content (AvgIpc) is 2.86. The lowest BCUT2D eigenvalue weighted by Crippen LogP contribution is -2.22. The molecule has 16 heavy (non-hydrogen) atoms. The zero-order valence-corrected chi connectivity index (χ0v) is 10.6. The van der Waals surface area contributed by atoms with Crippen molar-refractivity contribution in [1.29, 1.82) is 0 Å². The maximum atomic E-state index is 5.91. The summed E-state index contributed by atoms with van der Waals surface area (Å²) < 4.78 is 13.9. The Morgan fingerprint density at radius 1 is 1.38 bits per heavy atom. The second-order valence-corrected chi connectivity index (χ2v) is 7.40. The van der Waals surface area contributed by atoms with Gasteiger partial charge in [-0.2, -0.15) is 0 Å². The summed E-state index contributed by atoms with van der Waals surface area (Å²) in [6.45, 7) is -0.466. The lowest BCUT2D eigenvalue weighted by Gasteiger charge is -2.25. The van der Waals surface area contributed by atoms with E-state index in [0.717, 1.165) is 18.9 Å². The van der Waals surface area contributed by atoms with Gasteiger partial charge < -0.3 is 9.05 Å². The minimum atomic E-state index is -2.23. The van der Waals surface area contributed by atoms with Crippen molar-refractivity contribution in [3.8, 4) is 5.75 Å². The summed E-state index contributed by atoms with van der Waals surface area (Å²) in [7, 11) is 0. The lowest BCUT2D eigenvalue weighted by molar-refractivity contribution is 0.327. The molecule has 2 atom stereocenters. The Balaban J connectivity index is 1.82. The molecule has 2 saturated heterocycles. The Labute approximate surface area is 101 Å². The minimum absolute atomic E-state index is 0.495. The molecule has 1 unspecified atom stereocenters.